The van der Waals surface area contributed by atoms with E-state index in [1.54, 1.807) is 16.4 Å². The predicted molar refractivity (Wildman–Crippen MR) is 81.7 cm³/mol. The normalized spacial score (nSPS) is 19.8. The molecule has 2 unspecified atom stereocenters. The van der Waals surface area contributed by atoms with Crippen LogP contribution in [0.3, 0.4) is 0 Å². The number of thioether (sulfide) groups is 1. The lowest BCUT2D eigenvalue weighted by Gasteiger charge is -2.20. The van der Waals surface area contributed by atoms with Crippen molar-refractivity contribution in [1.29, 1.82) is 0 Å². The third-order valence-electron chi connectivity index (χ3n) is 3.74. The Bertz CT molecular complexity index is 556. The Balaban J connectivity index is 1.67. The molecule has 1 aromatic carbocycles. The number of nitrogens with one attached hydrogen (secondary N) is 1. The molecule has 112 valence electrons. The van der Waals surface area contributed by atoms with E-state index in [0.717, 1.165) is 36.2 Å². The molecule has 2 aromatic rings. The number of nitrogens with zero attached hydrogens (tertiary/aromatic N) is 4. The molecule has 1 aromatic heterocycles. The van der Waals surface area contributed by atoms with Crippen LogP contribution in [-0.2, 0) is 4.74 Å². The molecule has 1 aliphatic rings. The highest BCUT2D eigenvalue weighted by Crippen LogP contribution is 2.24. The third kappa shape index (κ3) is 3.42. The minimum atomic E-state index is 0.415. The highest BCUT2D eigenvalue weighted by molar-refractivity contribution is 7.99. The second kappa shape index (κ2) is 7.02. The lowest BCUT2D eigenvalue weighted by atomic mass is 10.0. The van der Waals surface area contributed by atoms with Crippen molar-refractivity contribution in [3.63, 3.8) is 0 Å². The molecule has 2 heterocycles. The van der Waals surface area contributed by atoms with Crippen molar-refractivity contribution in [2.24, 2.45) is 5.92 Å². The van der Waals surface area contributed by atoms with E-state index in [-0.39, 0.29) is 0 Å². The molecule has 1 saturated heterocycles. The lowest BCUT2D eigenvalue weighted by Crippen LogP contribution is -2.36. The van der Waals surface area contributed by atoms with Gasteiger partial charge in [-0.05, 0) is 36.0 Å². The van der Waals surface area contributed by atoms with E-state index in [0.29, 0.717) is 12.0 Å². The second-order valence-electron chi connectivity index (χ2n) is 5.04. The Labute approximate surface area is 128 Å². The summed E-state index contributed by atoms with van der Waals surface area (Å²) in [5, 5.41) is 16.2. The monoisotopic (exact) mass is 305 g/mol. The van der Waals surface area contributed by atoms with Gasteiger partial charge in [0, 0.05) is 24.3 Å². The maximum atomic E-state index is 5.48. The first-order chi connectivity index (χ1) is 10.4. The van der Waals surface area contributed by atoms with Gasteiger partial charge in [-0.25, -0.2) is 0 Å². The van der Waals surface area contributed by atoms with Gasteiger partial charge in [-0.2, -0.15) is 4.68 Å². The highest BCUT2D eigenvalue weighted by atomic mass is 32.2. The van der Waals surface area contributed by atoms with Crippen LogP contribution in [0.1, 0.15) is 6.42 Å². The van der Waals surface area contributed by atoms with Crippen molar-refractivity contribution in [2.75, 3.05) is 26.0 Å². The standard InChI is InChI=1S/C14H19N5OS/c1-15-13(11-7-8-20-9-11)10-21-14-16-17-18-19(14)12-5-3-2-4-6-12/h2-6,11,13,15H,7-10H2,1H3. The van der Waals surface area contributed by atoms with E-state index in [2.05, 4.69) is 20.8 Å². The summed E-state index contributed by atoms with van der Waals surface area (Å²) in [6.07, 6.45) is 1.12. The molecular formula is C14H19N5OS. The average Bonchev–Trinajstić information content (AvgIpc) is 3.20. The largest absolute Gasteiger partial charge is 0.381 e. The van der Waals surface area contributed by atoms with Crippen LogP contribution in [0.15, 0.2) is 35.5 Å². The van der Waals surface area contributed by atoms with Crippen molar-refractivity contribution >= 4 is 11.8 Å². The number of ether oxygens (including phenoxy) is 1. The number of benzene rings is 1. The molecule has 1 N–H and O–H groups in total. The molecule has 0 saturated carbocycles. The fourth-order valence-corrected chi connectivity index (χ4v) is 3.62. The van der Waals surface area contributed by atoms with Crippen LogP contribution in [0.25, 0.3) is 5.69 Å². The number of hydrogen-bond donors (Lipinski definition) is 1. The highest BCUT2D eigenvalue weighted by Gasteiger charge is 2.25. The molecule has 1 fully saturated rings. The molecule has 6 nitrogen and oxygen atoms in total. The average molecular weight is 305 g/mol. The van der Waals surface area contributed by atoms with Crippen molar-refractivity contribution in [1.82, 2.24) is 25.5 Å². The van der Waals surface area contributed by atoms with Crippen LogP contribution in [0, 0.1) is 5.92 Å². The Morgan fingerprint density at radius 1 is 1.43 bits per heavy atom. The maximum absolute atomic E-state index is 5.48. The molecule has 1 aliphatic heterocycles. The number of hydrogen-bond acceptors (Lipinski definition) is 6. The van der Waals surface area contributed by atoms with Gasteiger partial charge in [0.1, 0.15) is 0 Å². The van der Waals surface area contributed by atoms with Gasteiger partial charge in [-0.1, -0.05) is 30.0 Å². The number of para-hydroxylation sites is 1. The number of rotatable bonds is 6. The number of aromatic nitrogens is 4. The van der Waals surface area contributed by atoms with Crippen molar-refractivity contribution in [3.05, 3.63) is 30.3 Å². The van der Waals surface area contributed by atoms with E-state index in [1.165, 1.54) is 0 Å². The Kier molecular flexibility index (Phi) is 4.84. The SMILES string of the molecule is CNC(CSc1nnnn1-c1ccccc1)C1CCOC1. The van der Waals surface area contributed by atoms with Gasteiger partial charge >= 0.3 is 0 Å². The number of tetrazole rings is 1. The molecule has 2 atom stereocenters. The van der Waals surface area contributed by atoms with Crippen molar-refractivity contribution in [3.8, 4) is 5.69 Å². The smallest absolute Gasteiger partial charge is 0.214 e. The Morgan fingerprint density at radius 2 is 2.29 bits per heavy atom. The minimum Gasteiger partial charge on any atom is -0.381 e. The van der Waals surface area contributed by atoms with Gasteiger partial charge in [0.15, 0.2) is 0 Å². The van der Waals surface area contributed by atoms with Gasteiger partial charge in [0.2, 0.25) is 5.16 Å². The molecule has 0 aliphatic carbocycles. The maximum Gasteiger partial charge on any atom is 0.214 e. The second-order valence-corrected chi connectivity index (χ2v) is 6.03. The van der Waals surface area contributed by atoms with Gasteiger partial charge in [0.25, 0.3) is 0 Å². The van der Waals surface area contributed by atoms with Crippen molar-refractivity contribution in [2.45, 2.75) is 17.6 Å². The molecule has 21 heavy (non-hydrogen) atoms. The zero-order chi connectivity index (χ0) is 14.5. The summed E-state index contributed by atoms with van der Waals surface area (Å²) < 4.78 is 7.26. The summed E-state index contributed by atoms with van der Waals surface area (Å²) in [6.45, 7) is 1.71. The van der Waals surface area contributed by atoms with E-state index in [4.69, 9.17) is 4.74 Å². The quantitative estimate of drug-likeness (QED) is 0.814. The first-order valence-electron chi connectivity index (χ1n) is 7.10. The molecule has 7 heteroatoms. The van der Waals surface area contributed by atoms with Gasteiger partial charge in [-0.15, -0.1) is 5.10 Å². The molecule has 0 amide bonds. The topological polar surface area (TPSA) is 64.9 Å². The summed E-state index contributed by atoms with van der Waals surface area (Å²) >= 11 is 1.68. The summed E-state index contributed by atoms with van der Waals surface area (Å²) in [7, 11) is 2.00. The van der Waals surface area contributed by atoms with E-state index in [9.17, 15) is 0 Å². The fourth-order valence-electron chi connectivity index (χ4n) is 2.49. The fraction of sp³-hybridized carbons (Fsp3) is 0.500. The minimum absolute atomic E-state index is 0.415. The van der Waals surface area contributed by atoms with Crippen LogP contribution < -0.4 is 5.32 Å². The summed E-state index contributed by atoms with van der Waals surface area (Å²) in [6, 6.07) is 10.4. The van der Waals surface area contributed by atoms with Gasteiger partial charge < -0.3 is 10.1 Å². The molecule has 0 bridgehead atoms. The van der Waals surface area contributed by atoms with E-state index in [1.807, 2.05) is 37.4 Å². The van der Waals surface area contributed by atoms with Crippen LogP contribution in [0.4, 0.5) is 0 Å². The van der Waals surface area contributed by atoms with Crippen molar-refractivity contribution < 1.29 is 4.74 Å². The summed E-state index contributed by atoms with van der Waals surface area (Å²) in [5.74, 6) is 1.50. The van der Waals surface area contributed by atoms with Gasteiger partial charge in [-0.3, -0.25) is 0 Å². The van der Waals surface area contributed by atoms with Crippen LogP contribution in [-0.4, -0.2) is 52.3 Å². The molecule has 0 radical (unpaired) electrons. The first kappa shape index (κ1) is 14.5. The summed E-state index contributed by atoms with van der Waals surface area (Å²) in [4.78, 5) is 0. The summed E-state index contributed by atoms with van der Waals surface area (Å²) in [5.41, 5.74) is 0.982. The van der Waals surface area contributed by atoms with Gasteiger partial charge in [0.05, 0.1) is 12.3 Å². The lowest BCUT2D eigenvalue weighted by molar-refractivity contribution is 0.179. The molecule has 3 rings (SSSR count). The molecule has 0 spiro atoms. The third-order valence-corrected chi connectivity index (χ3v) is 4.78. The molecular weight excluding hydrogens is 286 g/mol. The van der Waals surface area contributed by atoms with E-state index < -0.39 is 0 Å². The zero-order valence-electron chi connectivity index (χ0n) is 12.0. The van der Waals surface area contributed by atoms with Crippen LogP contribution in [0.2, 0.25) is 0 Å². The van der Waals surface area contributed by atoms with Crippen LogP contribution in [0.5, 0.6) is 0 Å². The Morgan fingerprint density at radius 3 is 3.00 bits per heavy atom. The zero-order valence-corrected chi connectivity index (χ0v) is 12.8. The Hall–Kier alpha value is -1.44. The van der Waals surface area contributed by atoms with E-state index >= 15 is 0 Å². The predicted octanol–water partition coefficient (Wildman–Crippen LogP) is 1.38. The first-order valence-corrected chi connectivity index (χ1v) is 8.08. The van der Waals surface area contributed by atoms with Crippen LogP contribution >= 0.6 is 11.8 Å².